The lowest BCUT2D eigenvalue weighted by Gasteiger charge is -2.12. The summed E-state index contributed by atoms with van der Waals surface area (Å²) >= 11 is 5.86. The largest absolute Gasteiger partial charge is 0.410 e. The number of halogens is 1. The number of non-ortho nitro benzene ring substituents is 1. The van der Waals surface area contributed by atoms with Gasteiger partial charge in [0, 0.05) is 17.2 Å². The van der Waals surface area contributed by atoms with Crippen molar-refractivity contribution >= 4 is 34.0 Å². The highest BCUT2D eigenvalue weighted by atomic mass is 35.5. The molecule has 0 aliphatic rings. The van der Waals surface area contributed by atoms with Crippen molar-refractivity contribution in [3.05, 3.63) is 79.2 Å². The first-order chi connectivity index (χ1) is 12.4. The predicted molar refractivity (Wildman–Crippen MR) is 93.8 cm³/mol. The van der Waals surface area contributed by atoms with Gasteiger partial charge in [-0.15, -0.1) is 0 Å². The number of H-pyrrole nitrogens is 1. The molecular formula is C16H11ClN4O5. The molecule has 0 bridgehead atoms. The Kier molecular flexibility index (Phi) is 4.65. The van der Waals surface area contributed by atoms with Crippen molar-refractivity contribution in [3.8, 4) is 0 Å². The van der Waals surface area contributed by atoms with Crippen molar-refractivity contribution in [1.29, 1.82) is 0 Å². The van der Waals surface area contributed by atoms with Crippen molar-refractivity contribution in [2.45, 2.75) is 6.10 Å². The van der Waals surface area contributed by atoms with E-state index in [0.717, 1.165) is 6.07 Å². The average Bonchev–Trinajstić information content (AvgIpc) is 2.62. The Bertz CT molecular complexity index is 1100. The van der Waals surface area contributed by atoms with E-state index in [0.29, 0.717) is 16.1 Å². The second-order valence-electron chi connectivity index (χ2n) is 5.32. The number of aliphatic hydroxyl groups excluding tert-OH is 1. The number of benzene rings is 2. The molecule has 0 amide bonds. The topological polar surface area (TPSA) is 142 Å². The minimum atomic E-state index is -1.60. The van der Waals surface area contributed by atoms with Gasteiger partial charge >= 0.3 is 0 Å². The molecule has 0 saturated heterocycles. The van der Waals surface area contributed by atoms with Crippen LogP contribution in [-0.4, -0.2) is 30.9 Å². The summed E-state index contributed by atoms with van der Waals surface area (Å²) in [7, 11) is 0. The number of nitrogens with one attached hydrogen (secondary N) is 1. The van der Waals surface area contributed by atoms with Gasteiger partial charge in [-0.2, -0.15) is 0 Å². The number of hydrogen-bond acceptors (Lipinski definition) is 7. The predicted octanol–water partition coefficient (Wildman–Crippen LogP) is 2.40. The van der Waals surface area contributed by atoms with E-state index in [1.54, 1.807) is 12.1 Å². The fourth-order valence-electron chi connectivity index (χ4n) is 2.43. The first-order valence-electron chi connectivity index (χ1n) is 7.25. The molecular weight excluding hydrogens is 364 g/mol. The number of aromatic amines is 1. The lowest BCUT2D eigenvalue weighted by molar-refractivity contribution is -0.385. The Hall–Kier alpha value is -3.30. The van der Waals surface area contributed by atoms with E-state index in [1.165, 1.54) is 24.3 Å². The highest BCUT2D eigenvalue weighted by Crippen LogP contribution is 2.22. The zero-order valence-electron chi connectivity index (χ0n) is 13.0. The standard InChI is InChI=1S/C16H11ClN4O5/c17-9-4-5-11-12(7-9)19-16(23)14(18-11)13(20-24)15(22)8-2-1-3-10(6-8)21(25)26/h1-7,15,22,24H,(H,19,23). The maximum atomic E-state index is 12.3. The quantitative estimate of drug-likeness (QED) is 0.277. The maximum absolute atomic E-state index is 12.3. The molecule has 2 aromatic carbocycles. The highest BCUT2D eigenvalue weighted by molar-refractivity contribution is 6.31. The number of aromatic nitrogens is 2. The summed E-state index contributed by atoms with van der Waals surface area (Å²) in [6.45, 7) is 0. The SMILES string of the molecule is O=c1[nH]c2cc(Cl)ccc2nc1C(=NO)C(O)c1cccc([N+](=O)[O-])c1. The van der Waals surface area contributed by atoms with Crippen molar-refractivity contribution in [1.82, 2.24) is 9.97 Å². The number of nitro benzene ring substituents is 1. The molecule has 0 radical (unpaired) electrons. The van der Waals surface area contributed by atoms with Gasteiger partial charge in [-0.25, -0.2) is 4.98 Å². The Morgan fingerprint density at radius 1 is 1.31 bits per heavy atom. The number of aliphatic hydroxyl groups is 1. The molecule has 1 atom stereocenters. The summed E-state index contributed by atoms with van der Waals surface area (Å²) in [5.41, 5.74) is -0.926. The molecule has 1 unspecified atom stereocenters. The van der Waals surface area contributed by atoms with Gasteiger partial charge in [0.25, 0.3) is 11.2 Å². The first-order valence-corrected chi connectivity index (χ1v) is 7.63. The smallest absolute Gasteiger partial charge is 0.276 e. The first kappa shape index (κ1) is 17.5. The molecule has 132 valence electrons. The molecule has 3 rings (SSSR count). The summed E-state index contributed by atoms with van der Waals surface area (Å²) in [6.07, 6.45) is -1.60. The van der Waals surface area contributed by atoms with Crippen LogP contribution in [0.4, 0.5) is 5.69 Å². The minimum Gasteiger partial charge on any atom is -0.410 e. The zero-order valence-corrected chi connectivity index (χ0v) is 13.7. The number of nitro groups is 1. The number of fused-ring (bicyclic) bond motifs is 1. The number of oxime groups is 1. The van der Waals surface area contributed by atoms with Gasteiger partial charge in [0.15, 0.2) is 5.69 Å². The van der Waals surface area contributed by atoms with E-state index >= 15 is 0 Å². The monoisotopic (exact) mass is 374 g/mol. The van der Waals surface area contributed by atoms with E-state index in [2.05, 4.69) is 15.1 Å². The Labute approximate surface area is 150 Å². The molecule has 0 aliphatic heterocycles. The van der Waals surface area contributed by atoms with E-state index in [1.807, 2.05) is 0 Å². The summed E-state index contributed by atoms with van der Waals surface area (Å²) in [6, 6.07) is 9.74. The van der Waals surface area contributed by atoms with Gasteiger partial charge in [0.05, 0.1) is 16.0 Å². The molecule has 26 heavy (non-hydrogen) atoms. The van der Waals surface area contributed by atoms with Crippen LogP contribution in [0.3, 0.4) is 0 Å². The molecule has 1 aromatic heterocycles. The number of nitrogens with zero attached hydrogens (tertiary/aromatic N) is 3. The van der Waals surface area contributed by atoms with Crippen LogP contribution in [0.2, 0.25) is 5.02 Å². The van der Waals surface area contributed by atoms with Crippen LogP contribution in [0.25, 0.3) is 11.0 Å². The molecule has 9 nitrogen and oxygen atoms in total. The van der Waals surface area contributed by atoms with E-state index < -0.39 is 22.3 Å². The molecule has 0 fully saturated rings. The summed E-state index contributed by atoms with van der Waals surface area (Å²) in [5, 5.41) is 34.0. The van der Waals surface area contributed by atoms with Gasteiger partial charge in [0.1, 0.15) is 11.8 Å². The maximum Gasteiger partial charge on any atom is 0.276 e. The molecule has 3 N–H and O–H groups in total. The van der Waals surface area contributed by atoms with Crippen molar-refractivity contribution in [2.75, 3.05) is 0 Å². The van der Waals surface area contributed by atoms with E-state index in [9.17, 15) is 25.2 Å². The lowest BCUT2D eigenvalue weighted by atomic mass is 10.0. The van der Waals surface area contributed by atoms with Crippen LogP contribution in [0.5, 0.6) is 0 Å². The fourth-order valence-corrected chi connectivity index (χ4v) is 2.60. The second kappa shape index (κ2) is 6.90. The Morgan fingerprint density at radius 2 is 2.08 bits per heavy atom. The molecule has 1 heterocycles. The van der Waals surface area contributed by atoms with Crippen LogP contribution in [0.1, 0.15) is 17.4 Å². The van der Waals surface area contributed by atoms with Gasteiger partial charge in [-0.3, -0.25) is 14.9 Å². The van der Waals surface area contributed by atoms with Gasteiger partial charge < -0.3 is 15.3 Å². The highest BCUT2D eigenvalue weighted by Gasteiger charge is 2.24. The third-order valence-electron chi connectivity index (χ3n) is 3.66. The van der Waals surface area contributed by atoms with Gasteiger partial charge in [0.2, 0.25) is 0 Å². The zero-order chi connectivity index (χ0) is 18.8. The second-order valence-corrected chi connectivity index (χ2v) is 5.75. The molecule has 0 spiro atoms. The molecule has 3 aromatic rings. The van der Waals surface area contributed by atoms with Crippen LogP contribution in [0, 0.1) is 10.1 Å². The summed E-state index contributed by atoms with van der Waals surface area (Å²) in [4.78, 5) is 29.2. The van der Waals surface area contributed by atoms with Crippen molar-refractivity contribution in [3.63, 3.8) is 0 Å². The average molecular weight is 375 g/mol. The summed E-state index contributed by atoms with van der Waals surface area (Å²) in [5.74, 6) is 0. The van der Waals surface area contributed by atoms with Crippen LogP contribution >= 0.6 is 11.6 Å². The third kappa shape index (κ3) is 3.25. The van der Waals surface area contributed by atoms with Crippen molar-refractivity contribution in [2.24, 2.45) is 5.16 Å². The molecule has 0 saturated carbocycles. The lowest BCUT2D eigenvalue weighted by Crippen LogP contribution is -2.25. The number of rotatable bonds is 4. The minimum absolute atomic E-state index is 0.0735. The van der Waals surface area contributed by atoms with Crippen LogP contribution < -0.4 is 5.56 Å². The van der Waals surface area contributed by atoms with Crippen LogP contribution in [0.15, 0.2) is 52.4 Å². The summed E-state index contributed by atoms with van der Waals surface area (Å²) < 4.78 is 0. The fraction of sp³-hybridized carbons (Fsp3) is 0.0625. The molecule has 0 aliphatic carbocycles. The normalized spacial score (nSPS) is 12.9. The van der Waals surface area contributed by atoms with Gasteiger partial charge in [-0.1, -0.05) is 28.9 Å². The van der Waals surface area contributed by atoms with E-state index in [4.69, 9.17) is 11.6 Å². The van der Waals surface area contributed by atoms with Gasteiger partial charge in [-0.05, 0) is 23.8 Å². The Balaban J connectivity index is 2.09. The third-order valence-corrected chi connectivity index (χ3v) is 3.90. The van der Waals surface area contributed by atoms with Crippen molar-refractivity contribution < 1.29 is 15.2 Å². The van der Waals surface area contributed by atoms with Crippen LogP contribution in [-0.2, 0) is 0 Å². The molecule has 10 heteroatoms. The number of hydrogen-bond donors (Lipinski definition) is 3. The Morgan fingerprint density at radius 3 is 2.77 bits per heavy atom. The van der Waals surface area contributed by atoms with E-state index in [-0.39, 0.29) is 16.9 Å².